The summed E-state index contributed by atoms with van der Waals surface area (Å²) in [5.41, 5.74) is 6.50. The van der Waals surface area contributed by atoms with Gasteiger partial charge >= 0.3 is 0 Å². The molecule has 6 heteroatoms. The zero-order valence-corrected chi connectivity index (χ0v) is 15.5. The van der Waals surface area contributed by atoms with E-state index in [-0.39, 0.29) is 6.61 Å². The summed E-state index contributed by atoms with van der Waals surface area (Å²) >= 11 is 0. The summed E-state index contributed by atoms with van der Waals surface area (Å²) in [5.74, 6) is 0.428. The van der Waals surface area contributed by atoms with Gasteiger partial charge in [0.2, 0.25) is 5.65 Å². The summed E-state index contributed by atoms with van der Waals surface area (Å²) < 4.78 is 7.42. The van der Waals surface area contributed by atoms with Crippen molar-refractivity contribution < 1.29 is 9.84 Å². The molecule has 0 spiro atoms. The van der Waals surface area contributed by atoms with E-state index < -0.39 is 0 Å². The molecule has 138 valence electrons. The van der Waals surface area contributed by atoms with E-state index in [4.69, 9.17) is 15.0 Å². The van der Waals surface area contributed by atoms with E-state index in [0.29, 0.717) is 17.1 Å². The summed E-state index contributed by atoms with van der Waals surface area (Å²) in [6, 6.07) is 15.3. The fourth-order valence-corrected chi connectivity index (χ4v) is 3.30. The molecule has 0 aliphatic carbocycles. The minimum Gasteiger partial charge on any atom is -0.478 e. The molecule has 0 saturated heterocycles. The molecule has 0 aliphatic rings. The van der Waals surface area contributed by atoms with Crippen LogP contribution in [-0.4, -0.2) is 26.6 Å². The number of methoxy groups -OCH3 is 1. The number of nitrogens with zero attached hydrogens (tertiary/aromatic N) is 4. The van der Waals surface area contributed by atoms with Crippen LogP contribution in [0.25, 0.3) is 28.2 Å². The fourth-order valence-electron chi connectivity index (χ4n) is 3.30. The highest BCUT2D eigenvalue weighted by Gasteiger charge is 2.19. The quantitative estimate of drug-likeness (QED) is 0.592. The number of rotatable bonds is 4. The highest BCUT2D eigenvalue weighted by atomic mass is 16.5. The SMILES string of the molecule is COc1nc(-c2ccc(C#N)cc2)c(-c2ccc(CO)c(C)c2)n2ccnc12. The number of fused-ring (bicyclic) bond motifs is 1. The third-order valence-electron chi connectivity index (χ3n) is 4.78. The Morgan fingerprint density at radius 3 is 2.54 bits per heavy atom. The molecule has 0 unspecified atom stereocenters. The van der Waals surface area contributed by atoms with Crippen LogP contribution in [0.1, 0.15) is 16.7 Å². The van der Waals surface area contributed by atoms with Gasteiger partial charge in [-0.15, -0.1) is 0 Å². The van der Waals surface area contributed by atoms with Gasteiger partial charge in [0.1, 0.15) is 0 Å². The second-order valence-corrected chi connectivity index (χ2v) is 6.43. The molecule has 0 saturated carbocycles. The van der Waals surface area contributed by atoms with Gasteiger partial charge in [0.05, 0.1) is 36.7 Å². The first-order chi connectivity index (χ1) is 13.7. The molecule has 2 heterocycles. The Morgan fingerprint density at radius 2 is 1.89 bits per heavy atom. The number of aryl methyl sites for hydroxylation is 1. The van der Waals surface area contributed by atoms with Gasteiger partial charge in [0.25, 0.3) is 5.88 Å². The zero-order chi connectivity index (χ0) is 19.7. The van der Waals surface area contributed by atoms with Crippen LogP contribution in [-0.2, 0) is 6.61 Å². The van der Waals surface area contributed by atoms with Crippen molar-refractivity contribution in [2.75, 3.05) is 7.11 Å². The molecule has 0 amide bonds. The minimum atomic E-state index is -0.00403. The third-order valence-corrected chi connectivity index (χ3v) is 4.78. The normalized spacial score (nSPS) is 10.8. The van der Waals surface area contributed by atoms with Crippen molar-refractivity contribution in [3.63, 3.8) is 0 Å². The molecule has 4 aromatic rings. The van der Waals surface area contributed by atoms with Crippen molar-refractivity contribution in [3.05, 3.63) is 71.5 Å². The molecule has 1 N–H and O–H groups in total. The molecule has 6 nitrogen and oxygen atoms in total. The van der Waals surface area contributed by atoms with Crippen LogP contribution in [0.4, 0.5) is 0 Å². The Morgan fingerprint density at radius 1 is 1.14 bits per heavy atom. The lowest BCUT2D eigenvalue weighted by molar-refractivity contribution is 0.281. The predicted octanol–water partition coefficient (Wildman–Crippen LogP) is 3.74. The number of hydrogen-bond donors (Lipinski definition) is 1. The number of aliphatic hydroxyl groups is 1. The molecule has 2 aromatic heterocycles. The number of imidazole rings is 1. The Labute approximate surface area is 162 Å². The number of aliphatic hydroxyl groups excluding tert-OH is 1. The highest BCUT2D eigenvalue weighted by Crippen LogP contribution is 2.35. The largest absolute Gasteiger partial charge is 0.478 e. The molecular formula is C22H18N4O2. The monoisotopic (exact) mass is 370 g/mol. The molecule has 0 fully saturated rings. The average Bonchev–Trinajstić information content (AvgIpc) is 3.22. The summed E-state index contributed by atoms with van der Waals surface area (Å²) in [4.78, 5) is 9.11. The summed E-state index contributed by atoms with van der Waals surface area (Å²) in [7, 11) is 1.57. The van der Waals surface area contributed by atoms with Crippen molar-refractivity contribution in [2.24, 2.45) is 0 Å². The van der Waals surface area contributed by atoms with Crippen LogP contribution in [0.15, 0.2) is 54.9 Å². The first kappa shape index (κ1) is 17.7. The van der Waals surface area contributed by atoms with Crippen LogP contribution >= 0.6 is 0 Å². The Hall–Kier alpha value is -3.69. The maximum atomic E-state index is 9.50. The van der Waals surface area contributed by atoms with Crippen LogP contribution < -0.4 is 4.74 Å². The van der Waals surface area contributed by atoms with E-state index in [9.17, 15) is 5.11 Å². The minimum absolute atomic E-state index is 0.00403. The van der Waals surface area contributed by atoms with Gasteiger partial charge < -0.3 is 9.84 Å². The van der Waals surface area contributed by atoms with Crippen molar-refractivity contribution in [2.45, 2.75) is 13.5 Å². The Bertz CT molecular complexity index is 1200. The van der Waals surface area contributed by atoms with Crippen LogP contribution in [0, 0.1) is 18.3 Å². The van der Waals surface area contributed by atoms with Gasteiger partial charge in [-0.1, -0.05) is 24.3 Å². The number of nitriles is 1. The van der Waals surface area contributed by atoms with Gasteiger partial charge in [0.15, 0.2) is 0 Å². The smallest absolute Gasteiger partial charge is 0.258 e. The maximum absolute atomic E-state index is 9.50. The van der Waals surface area contributed by atoms with E-state index in [0.717, 1.165) is 33.6 Å². The topological polar surface area (TPSA) is 83.4 Å². The summed E-state index contributed by atoms with van der Waals surface area (Å²) in [6.07, 6.45) is 3.58. The van der Waals surface area contributed by atoms with Crippen LogP contribution in [0.5, 0.6) is 5.88 Å². The van der Waals surface area contributed by atoms with E-state index in [1.54, 1.807) is 25.4 Å². The van der Waals surface area contributed by atoms with E-state index in [2.05, 4.69) is 11.1 Å². The molecule has 0 atom stereocenters. The highest BCUT2D eigenvalue weighted by molar-refractivity contribution is 5.82. The van der Waals surface area contributed by atoms with Gasteiger partial charge in [-0.05, 0) is 36.2 Å². The first-order valence-corrected chi connectivity index (χ1v) is 8.78. The van der Waals surface area contributed by atoms with Gasteiger partial charge in [-0.25, -0.2) is 9.97 Å². The predicted molar refractivity (Wildman–Crippen MR) is 106 cm³/mol. The maximum Gasteiger partial charge on any atom is 0.258 e. The second kappa shape index (κ2) is 7.14. The van der Waals surface area contributed by atoms with Crippen molar-refractivity contribution >= 4 is 5.65 Å². The van der Waals surface area contributed by atoms with E-state index in [1.165, 1.54) is 0 Å². The number of aromatic nitrogens is 3. The molecule has 0 bridgehead atoms. The lowest BCUT2D eigenvalue weighted by atomic mass is 9.99. The Balaban J connectivity index is 2.04. The zero-order valence-electron chi connectivity index (χ0n) is 15.5. The molecular weight excluding hydrogens is 352 g/mol. The van der Waals surface area contributed by atoms with Gasteiger partial charge in [-0.3, -0.25) is 4.40 Å². The molecule has 0 aliphatic heterocycles. The average molecular weight is 370 g/mol. The molecule has 4 rings (SSSR count). The number of hydrogen-bond acceptors (Lipinski definition) is 5. The number of ether oxygens (including phenoxy) is 1. The lowest BCUT2D eigenvalue weighted by Gasteiger charge is -2.15. The van der Waals surface area contributed by atoms with Crippen LogP contribution in [0.3, 0.4) is 0 Å². The molecule has 2 aromatic carbocycles. The summed E-state index contributed by atoms with van der Waals surface area (Å²) in [6.45, 7) is 1.97. The fraction of sp³-hybridized carbons (Fsp3) is 0.136. The third kappa shape index (κ3) is 2.88. The van der Waals surface area contributed by atoms with Gasteiger partial charge in [-0.2, -0.15) is 5.26 Å². The van der Waals surface area contributed by atoms with Crippen molar-refractivity contribution in [3.8, 4) is 34.5 Å². The molecule has 0 radical (unpaired) electrons. The van der Waals surface area contributed by atoms with E-state index in [1.807, 2.05) is 47.9 Å². The number of benzene rings is 2. The standard InChI is InChI=1S/C22H18N4O2/c1-14-11-17(7-8-18(14)13-27)20-19(16-5-3-15(12-23)4-6-16)25-22(28-2)21-24-9-10-26(20)21/h3-11,27H,13H2,1-2H3. The van der Waals surface area contributed by atoms with Crippen molar-refractivity contribution in [1.29, 1.82) is 5.26 Å². The molecule has 28 heavy (non-hydrogen) atoms. The first-order valence-electron chi connectivity index (χ1n) is 8.78. The van der Waals surface area contributed by atoms with E-state index >= 15 is 0 Å². The lowest BCUT2D eigenvalue weighted by Crippen LogP contribution is -2.03. The Kier molecular flexibility index (Phi) is 4.52. The van der Waals surface area contributed by atoms with Gasteiger partial charge in [0, 0.05) is 23.5 Å². The van der Waals surface area contributed by atoms with Crippen LogP contribution in [0.2, 0.25) is 0 Å². The van der Waals surface area contributed by atoms with Crippen molar-refractivity contribution in [1.82, 2.24) is 14.4 Å². The summed E-state index contributed by atoms with van der Waals surface area (Å²) in [5, 5.41) is 18.6. The second-order valence-electron chi connectivity index (χ2n) is 6.43.